The zero-order valence-corrected chi connectivity index (χ0v) is 8.01. The van der Waals surface area contributed by atoms with E-state index in [1.807, 2.05) is 11.9 Å². The minimum atomic E-state index is -0.405. The number of nitro benzene ring substituents is 1. The Hall–Kier alpha value is -1.84. The number of rotatable bonds is 4. The van der Waals surface area contributed by atoms with Crippen molar-refractivity contribution in [2.45, 2.75) is 0 Å². The Kier molecular flexibility index (Phi) is 3.23. The largest absolute Gasteiger partial charge is 0.371 e. The third-order valence-corrected chi connectivity index (χ3v) is 1.90. The summed E-state index contributed by atoms with van der Waals surface area (Å²) in [6.07, 6.45) is 1.78. The summed E-state index contributed by atoms with van der Waals surface area (Å²) >= 11 is 0. The predicted octanol–water partition coefficient (Wildman–Crippen LogP) is 2.22. The van der Waals surface area contributed by atoms with Gasteiger partial charge in [-0.25, -0.2) is 0 Å². The molecule has 0 aliphatic carbocycles. The van der Waals surface area contributed by atoms with E-state index in [9.17, 15) is 10.1 Å². The normalized spacial score (nSPS) is 9.50. The molecular weight excluding hydrogens is 180 g/mol. The van der Waals surface area contributed by atoms with Crippen molar-refractivity contribution >= 4 is 11.4 Å². The lowest BCUT2D eigenvalue weighted by atomic mass is 10.2. The van der Waals surface area contributed by atoms with E-state index in [0.717, 1.165) is 12.2 Å². The Morgan fingerprint density at radius 1 is 1.50 bits per heavy atom. The highest BCUT2D eigenvalue weighted by Gasteiger charge is 2.05. The molecule has 4 heteroatoms. The maximum Gasteiger partial charge on any atom is 0.269 e. The highest BCUT2D eigenvalue weighted by Crippen LogP contribution is 2.17. The second-order valence-electron chi connectivity index (χ2n) is 2.94. The van der Waals surface area contributed by atoms with Gasteiger partial charge >= 0.3 is 0 Å². The molecular formula is C10H12N2O2. The third-order valence-electron chi connectivity index (χ3n) is 1.90. The summed E-state index contributed by atoms with van der Waals surface area (Å²) in [5.41, 5.74) is 1.05. The van der Waals surface area contributed by atoms with Gasteiger partial charge in [-0.05, 0) is 12.1 Å². The molecule has 0 fully saturated rings. The molecule has 0 aliphatic rings. The lowest BCUT2D eigenvalue weighted by molar-refractivity contribution is -0.384. The number of nitrogens with zero attached hydrogens (tertiary/aromatic N) is 2. The summed E-state index contributed by atoms with van der Waals surface area (Å²) in [6.45, 7) is 4.34. The number of anilines is 1. The summed E-state index contributed by atoms with van der Waals surface area (Å²) < 4.78 is 0. The number of hydrogen-bond donors (Lipinski definition) is 0. The molecule has 0 spiro atoms. The fourth-order valence-corrected chi connectivity index (χ4v) is 1.13. The zero-order chi connectivity index (χ0) is 10.6. The van der Waals surface area contributed by atoms with Crippen LogP contribution < -0.4 is 4.90 Å². The molecule has 74 valence electrons. The molecule has 1 aromatic rings. The third kappa shape index (κ3) is 2.32. The quantitative estimate of drug-likeness (QED) is 0.417. The summed E-state index contributed by atoms with van der Waals surface area (Å²) in [7, 11) is 1.91. The molecule has 0 aromatic heterocycles. The van der Waals surface area contributed by atoms with Crippen molar-refractivity contribution in [1.29, 1.82) is 0 Å². The van der Waals surface area contributed by atoms with Gasteiger partial charge in [0.1, 0.15) is 0 Å². The van der Waals surface area contributed by atoms with E-state index in [0.29, 0.717) is 0 Å². The van der Waals surface area contributed by atoms with Crippen LogP contribution in [0.2, 0.25) is 0 Å². The fraction of sp³-hybridized carbons (Fsp3) is 0.200. The molecule has 4 nitrogen and oxygen atoms in total. The van der Waals surface area contributed by atoms with Gasteiger partial charge in [0.25, 0.3) is 5.69 Å². The van der Waals surface area contributed by atoms with E-state index in [2.05, 4.69) is 6.58 Å². The minimum absolute atomic E-state index is 0.112. The van der Waals surface area contributed by atoms with Gasteiger partial charge in [-0.1, -0.05) is 6.08 Å². The number of likely N-dealkylation sites (N-methyl/N-ethyl adjacent to an activating group) is 1. The van der Waals surface area contributed by atoms with Crippen LogP contribution in [0.3, 0.4) is 0 Å². The molecule has 0 N–H and O–H groups in total. The highest BCUT2D eigenvalue weighted by molar-refractivity contribution is 5.50. The average Bonchev–Trinajstić information content (AvgIpc) is 2.18. The van der Waals surface area contributed by atoms with Crippen molar-refractivity contribution in [3.63, 3.8) is 0 Å². The van der Waals surface area contributed by atoms with Crippen LogP contribution in [0.1, 0.15) is 0 Å². The first-order chi connectivity index (χ1) is 6.65. The predicted molar refractivity (Wildman–Crippen MR) is 56.6 cm³/mol. The highest BCUT2D eigenvalue weighted by atomic mass is 16.6. The Bertz CT molecular complexity index is 332. The summed E-state index contributed by atoms with van der Waals surface area (Å²) in [5.74, 6) is 0. The van der Waals surface area contributed by atoms with E-state index in [1.54, 1.807) is 18.2 Å². The molecule has 0 saturated heterocycles. The molecule has 0 radical (unpaired) electrons. The smallest absolute Gasteiger partial charge is 0.269 e. The van der Waals surface area contributed by atoms with Crippen LogP contribution in [-0.2, 0) is 0 Å². The summed E-state index contributed by atoms with van der Waals surface area (Å²) in [4.78, 5) is 11.9. The van der Waals surface area contributed by atoms with Crippen LogP contribution in [-0.4, -0.2) is 18.5 Å². The van der Waals surface area contributed by atoms with Crippen molar-refractivity contribution in [2.24, 2.45) is 0 Å². The molecule has 0 unspecified atom stereocenters. The van der Waals surface area contributed by atoms with Gasteiger partial charge in [-0.2, -0.15) is 0 Å². The topological polar surface area (TPSA) is 46.4 Å². The van der Waals surface area contributed by atoms with Gasteiger partial charge < -0.3 is 4.90 Å². The maximum atomic E-state index is 10.4. The molecule has 1 aromatic carbocycles. The first-order valence-corrected chi connectivity index (χ1v) is 4.21. The van der Waals surface area contributed by atoms with E-state index in [-0.39, 0.29) is 5.69 Å². The average molecular weight is 192 g/mol. The minimum Gasteiger partial charge on any atom is -0.371 e. The van der Waals surface area contributed by atoms with Crippen LogP contribution >= 0.6 is 0 Å². The van der Waals surface area contributed by atoms with Gasteiger partial charge in [-0.3, -0.25) is 10.1 Å². The second-order valence-corrected chi connectivity index (χ2v) is 2.94. The van der Waals surface area contributed by atoms with Gasteiger partial charge in [0.05, 0.1) is 4.92 Å². The van der Waals surface area contributed by atoms with E-state index in [1.165, 1.54) is 12.1 Å². The Morgan fingerprint density at radius 2 is 2.07 bits per heavy atom. The molecule has 0 aliphatic heterocycles. The van der Waals surface area contributed by atoms with Gasteiger partial charge in [0, 0.05) is 31.4 Å². The molecule has 14 heavy (non-hydrogen) atoms. The van der Waals surface area contributed by atoms with Crippen molar-refractivity contribution in [3.8, 4) is 0 Å². The molecule has 0 atom stereocenters. The van der Waals surface area contributed by atoms with Crippen LogP contribution in [0.5, 0.6) is 0 Å². The Labute approximate surface area is 82.6 Å². The summed E-state index contributed by atoms with van der Waals surface area (Å²) in [6, 6.07) is 6.44. The van der Waals surface area contributed by atoms with Crippen molar-refractivity contribution in [3.05, 3.63) is 47.0 Å². The molecule has 0 amide bonds. The number of nitro groups is 1. The van der Waals surface area contributed by atoms with Crippen LogP contribution in [0.15, 0.2) is 36.9 Å². The Balaban J connectivity index is 2.82. The monoisotopic (exact) mass is 192 g/mol. The number of hydrogen-bond acceptors (Lipinski definition) is 3. The van der Waals surface area contributed by atoms with Crippen LogP contribution in [0, 0.1) is 10.1 Å². The van der Waals surface area contributed by atoms with Gasteiger partial charge in [-0.15, -0.1) is 6.58 Å². The standard InChI is InChI=1S/C10H12N2O2/c1-3-8-11(2)9-4-6-10(7-5-9)12(13)14/h3-7H,1,8H2,2H3. The van der Waals surface area contributed by atoms with E-state index in [4.69, 9.17) is 0 Å². The summed E-state index contributed by atoms with van der Waals surface area (Å²) in [5, 5.41) is 10.4. The van der Waals surface area contributed by atoms with Crippen molar-refractivity contribution in [2.75, 3.05) is 18.5 Å². The first-order valence-electron chi connectivity index (χ1n) is 4.21. The van der Waals surface area contributed by atoms with Crippen LogP contribution in [0.4, 0.5) is 11.4 Å². The molecule has 1 rings (SSSR count). The number of benzene rings is 1. The maximum absolute atomic E-state index is 10.4. The van der Waals surface area contributed by atoms with Gasteiger partial charge in [0.15, 0.2) is 0 Å². The zero-order valence-electron chi connectivity index (χ0n) is 8.01. The van der Waals surface area contributed by atoms with E-state index < -0.39 is 4.92 Å². The van der Waals surface area contributed by atoms with Crippen molar-refractivity contribution in [1.82, 2.24) is 0 Å². The molecule has 0 saturated carbocycles. The van der Waals surface area contributed by atoms with Gasteiger partial charge in [0.2, 0.25) is 0 Å². The first kappa shape index (κ1) is 10.2. The molecule has 0 heterocycles. The lowest BCUT2D eigenvalue weighted by Crippen LogP contribution is -2.16. The fourth-order valence-electron chi connectivity index (χ4n) is 1.13. The number of non-ortho nitro benzene ring substituents is 1. The SMILES string of the molecule is C=CCN(C)c1ccc([N+](=O)[O-])cc1. The second kappa shape index (κ2) is 4.41. The molecule has 0 bridgehead atoms. The van der Waals surface area contributed by atoms with Crippen molar-refractivity contribution < 1.29 is 4.92 Å². The Morgan fingerprint density at radius 3 is 2.50 bits per heavy atom. The lowest BCUT2D eigenvalue weighted by Gasteiger charge is -2.16. The van der Waals surface area contributed by atoms with Crippen LogP contribution in [0.25, 0.3) is 0 Å². The van der Waals surface area contributed by atoms with E-state index >= 15 is 0 Å².